The monoisotopic (exact) mass is 235 g/mol. The molecule has 8 nitrogen and oxygen atoms in total. The first-order chi connectivity index (χ1) is 7.99. The van der Waals surface area contributed by atoms with Crippen molar-refractivity contribution < 1.29 is 9.85 Å². The fraction of sp³-hybridized carbons (Fsp3) is 0. The van der Waals surface area contributed by atoms with Gasteiger partial charge in [0.2, 0.25) is 5.56 Å². The first-order valence-corrected chi connectivity index (χ1v) is 4.45. The van der Waals surface area contributed by atoms with E-state index in [4.69, 9.17) is 0 Å². The van der Waals surface area contributed by atoms with Crippen LogP contribution in [0.15, 0.2) is 29.1 Å². The zero-order valence-electron chi connectivity index (χ0n) is 8.25. The highest BCUT2D eigenvalue weighted by atomic mass is 16.6. The molecule has 17 heavy (non-hydrogen) atoms. The third-order valence-electron chi connectivity index (χ3n) is 2.21. The summed E-state index contributed by atoms with van der Waals surface area (Å²) >= 11 is 0. The van der Waals surface area contributed by atoms with Crippen LogP contribution in [0.25, 0.3) is 10.9 Å². The Hall–Kier alpha value is -2.77. The molecule has 0 aliphatic rings. The molecule has 0 aliphatic carbocycles. The lowest BCUT2D eigenvalue weighted by atomic mass is 10.1. The number of nitro benzene ring substituents is 2. The summed E-state index contributed by atoms with van der Waals surface area (Å²) < 4.78 is 0. The Kier molecular flexibility index (Phi) is 2.32. The Morgan fingerprint density at radius 3 is 2.35 bits per heavy atom. The van der Waals surface area contributed by atoms with Crippen molar-refractivity contribution in [2.24, 2.45) is 0 Å². The van der Waals surface area contributed by atoms with Crippen LogP contribution < -0.4 is 5.56 Å². The first-order valence-electron chi connectivity index (χ1n) is 4.45. The number of nitro groups is 2. The van der Waals surface area contributed by atoms with Crippen molar-refractivity contribution in [1.82, 2.24) is 4.98 Å². The lowest BCUT2D eigenvalue weighted by molar-refractivity contribution is -0.393. The second-order valence-electron chi connectivity index (χ2n) is 3.26. The molecule has 86 valence electrons. The van der Waals surface area contributed by atoms with Gasteiger partial charge < -0.3 is 4.98 Å². The molecular formula is C9H5N3O5. The van der Waals surface area contributed by atoms with Gasteiger partial charge in [-0.3, -0.25) is 25.0 Å². The molecule has 0 bridgehead atoms. The third-order valence-corrected chi connectivity index (χ3v) is 2.21. The second-order valence-corrected chi connectivity index (χ2v) is 3.26. The predicted molar refractivity (Wildman–Crippen MR) is 57.9 cm³/mol. The van der Waals surface area contributed by atoms with Crippen molar-refractivity contribution in [3.8, 4) is 0 Å². The molecule has 0 saturated carbocycles. The van der Waals surface area contributed by atoms with Crippen LogP contribution in [0.1, 0.15) is 0 Å². The summed E-state index contributed by atoms with van der Waals surface area (Å²) in [5.41, 5.74) is -1.26. The van der Waals surface area contributed by atoms with Crippen LogP contribution in [0.5, 0.6) is 0 Å². The van der Waals surface area contributed by atoms with Gasteiger partial charge in [0.05, 0.1) is 26.8 Å². The van der Waals surface area contributed by atoms with Crippen LogP contribution in [-0.4, -0.2) is 14.8 Å². The van der Waals surface area contributed by atoms with E-state index in [0.717, 1.165) is 18.2 Å². The molecular weight excluding hydrogens is 230 g/mol. The molecule has 1 aromatic heterocycles. The molecule has 2 aromatic rings. The van der Waals surface area contributed by atoms with Crippen molar-refractivity contribution in [3.05, 3.63) is 54.8 Å². The summed E-state index contributed by atoms with van der Waals surface area (Å²) in [6, 6.07) is 4.33. The van der Waals surface area contributed by atoms with Gasteiger partial charge in [-0.05, 0) is 6.07 Å². The van der Waals surface area contributed by atoms with Crippen LogP contribution in [0.3, 0.4) is 0 Å². The fourth-order valence-electron chi connectivity index (χ4n) is 1.49. The van der Waals surface area contributed by atoms with Crippen molar-refractivity contribution in [3.63, 3.8) is 0 Å². The molecule has 1 heterocycles. The third kappa shape index (κ3) is 1.83. The van der Waals surface area contributed by atoms with E-state index in [2.05, 4.69) is 4.98 Å². The second kappa shape index (κ2) is 3.67. The highest BCUT2D eigenvalue weighted by molar-refractivity contribution is 5.89. The fourth-order valence-corrected chi connectivity index (χ4v) is 1.49. The molecule has 0 aliphatic heterocycles. The number of pyridine rings is 1. The van der Waals surface area contributed by atoms with Gasteiger partial charge in [0.25, 0.3) is 11.4 Å². The minimum absolute atomic E-state index is 0.0680. The first kappa shape index (κ1) is 10.7. The summed E-state index contributed by atoms with van der Waals surface area (Å²) in [6.45, 7) is 0. The lowest BCUT2D eigenvalue weighted by Crippen LogP contribution is -2.04. The van der Waals surface area contributed by atoms with Gasteiger partial charge in [0.15, 0.2) is 0 Å². The Morgan fingerprint density at radius 1 is 1.06 bits per heavy atom. The largest absolute Gasteiger partial charge is 0.321 e. The molecule has 0 fully saturated rings. The topological polar surface area (TPSA) is 119 Å². The maximum atomic E-state index is 11.1. The molecule has 8 heteroatoms. The number of nitrogens with zero attached hydrogens (tertiary/aromatic N) is 2. The molecule has 0 radical (unpaired) electrons. The van der Waals surface area contributed by atoms with E-state index in [1.54, 1.807) is 0 Å². The van der Waals surface area contributed by atoms with Crippen LogP contribution in [-0.2, 0) is 0 Å². The number of rotatable bonds is 2. The molecule has 2 rings (SSSR count). The Bertz CT molecular complexity index is 691. The molecule has 0 atom stereocenters. The minimum Gasteiger partial charge on any atom is -0.321 e. The smallest absolute Gasteiger partial charge is 0.285 e. The number of aromatic amines is 1. The molecule has 0 unspecified atom stereocenters. The van der Waals surface area contributed by atoms with Gasteiger partial charge in [-0.25, -0.2) is 0 Å². The lowest BCUT2D eigenvalue weighted by Gasteiger charge is -1.99. The van der Waals surface area contributed by atoms with Gasteiger partial charge >= 0.3 is 0 Å². The maximum absolute atomic E-state index is 11.1. The highest BCUT2D eigenvalue weighted by Gasteiger charge is 2.19. The van der Waals surface area contributed by atoms with Gasteiger partial charge in [-0.15, -0.1) is 0 Å². The number of non-ortho nitro benzene ring substituents is 2. The van der Waals surface area contributed by atoms with Crippen LogP contribution >= 0.6 is 0 Å². The van der Waals surface area contributed by atoms with Crippen molar-refractivity contribution >= 4 is 22.3 Å². The number of hydrogen-bond acceptors (Lipinski definition) is 5. The van der Waals surface area contributed by atoms with Crippen molar-refractivity contribution in [2.45, 2.75) is 0 Å². The standard InChI is InChI=1S/C9H5N3O5/c13-9-2-1-6-7(10-9)3-5(11(14)15)4-8(6)12(16)17/h1-4H,(H,10,13). The number of H-pyrrole nitrogens is 1. The summed E-state index contributed by atoms with van der Waals surface area (Å²) in [4.78, 5) is 33.2. The molecule has 1 N–H and O–H groups in total. The summed E-state index contributed by atoms with van der Waals surface area (Å²) in [7, 11) is 0. The summed E-state index contributed by atoms with van der Waals surface area (Å²) in [5, 5.41) is 21.5. The zero-order chi connectivity index (χ0) is 12.6. The highest BCUT2D eigenvalue weighted by Crippen LogP contribution is 2.28. The van der Waals surface area contributed by atoms with Crippen molar-refractivity contribution in [1.29, 1.82) is 0 Å². The number of benzene rings is 1. The van der Waals surface area contributed by atoms with E-state index in [-0.39, 0.29) is 10.9 Å². The van der Waals surface area contributed by atoms with E-state index in [1.807, 2.05) is 0 Å². The van der Waals surface area contributed by atoms with Crippen molar-refractivity contribution in [2.75, 3.05) is 0 Å². The number of fused-ring (bicyclic) bond motifs is 1. The summed E-state index contributed by atoms with van der Waals surface area (Å²) in [6.07, 6.45) is 0. The molecule has 0 saturated heterocycles. The average molecular weight is 235 g/mol. The minimum atomic E-state index is -0.752. The maximum Gasteiger partial charge on any atom is 0.285 e. The van der Waals surface area contributed by atoms with E-state index in [1.165, 1.54) is 6.07 Å². The van der Waals surface area contributed by atoms with Crippen LogP contribution in [0.2, 0.25) is 0 Å². The SMILES string of the molecule is O=c1ccc2c([N+](=O)[O-])cc([N+](=O)[O-])cc2[nH]1. The van der Waals surface area contributed by atoms with E-state index >= 15 is 0 Å². The number of nitrogens with one attached hydrogen (secondary N) is 1. The van der Waals surface area contributed by atoms with E-state index in [0.29, 0.717) is 0 Å². The number of hydrogen-bond donors (Lipinski definition) is 1. The molecule has 1 aromatic carbocycles. The molecule has 0 amide bonds. The van der Waals surface area contributed by atoms with E-state index < -0.39 is 26.8 Å². The Balaban J connectivity index is 2.90. The van der Waals surface area contributed by atoms with Crippen LogP contribution in [0, 0.1) is 20.2 Å². The zero-order valence-corrected chi connectivity index (χ0v) is 8.25. The summed E-state index contributed by atoms with van der Waals surface area (Å²) in [5.74, 6) is 0. The van der Waals surface area contributed by atoms with Crippen LogP contribution in [0.4, 0.5) is 11.4 Å². The molecule has 0 spiro atoms. The van der Waals surface area contributed by atoms with E-state index in [9.17, 15) is 25.0 Å². The van der Waals surface area contributed by atoms with Gasteiger partial charge in [-0.1, -0.05) is 0 Å². The number of aromatic nitrogens is 1. The Labute approximate surface area is 92.8 Å². The van der Waals surface area contributed by atoms with Gasteiger partial charge in [0.1, 0.15) is 0 Å². The average Bonchev–Trinajstić information content (AvgIpc) is 2.26. The normalized spacial score (nSPS) is 10.4. The Morgan fingerprint density at radius 2 is 1.76 bits per heavy atom. The van der Waals surface area contributed by atoms with Gasteiger partial charge in [0, 0.05) is 12.1 Å². The predicted octanol–water partition coefficient (Wildman–Crippen LogP) is 1.34. The van der Waals surface area contributed by atoms with Gasteiger partial charge in [-0.2, -0.15) is 0 Å². The quantitative estimate of drug-likeness (QED) is 0.622.